The predicted molar refractivity (Wildman–Crippen MR) is 74.8 cm³/mol. The Hall–Kier alpha value is -1.17. The van der Waals surface area contributed by atoms with Gasteiger partial charge in [0.15, 0.2) is 0 Å². The van der Waals surface area contributed by atoms with Crippen LogP contribution in [0, 0.1) is 0 Å². The van der Waals surface area contributed by atoms with Gasteiger partial charge in [-0.05, 0) is 25.5 Å². The van der Waals surface area contributed by atoms with Crippen LogP contribution in [0.25, 0.3) is 0 Å². The molecule has 1 aliphatic heterocycles. The summed E-state index contributed by atoms with van der Waals surface area (Å²) < 4.78 is 5.68. The van der Waals surface area contributed by atoms with E-state index < -0.39 is 6.10 Å². The zero-order valence-electron chi connectivity index (χ0n) is 11.6. The molecule has 0 aromatic carbocycles. The highest BCUT2D eigenvalue weighted by atomic mass is 16.5. The molecular formula is C14H23N3O2. The Morgan fingerprint density at radius 1 is 1.58 bits per heavy atom. The third kappa shape index (κ3) is 3.65. The second kappa shape index (κ2) is 6.32. The lowest BCUT2D eigenvalue weighted by Crippen LogP contribution is -2.50. The van der Waals surface area contributed by atoms with Crippen molar-refractivity contribution in [1.82, 2.24) is 9.88 Å². The fourth-order valence-corrected chi connectivity index (χ4v) is 2.38. The van der Waals surface area contributed by atoms with Crippen LogP contribution < -0.4 is 5.73 Å². The number of aromatic nitrogens is 1. The molecule has 106 valence electrons. The summed E-state index contributed by atoms with van der Waals surface area (Å²) in [5.74, 6) is 0.484. The van der Waals surface area contributed by atoms with Crippen LogP contribution in [0.4, 0.5) is 5.82 Å². The van der Waals surface area contributed by atoms with Crippen molar-refractivity contribution in [3.8, 4) is 0 Å². The largest absolute Gasteiger partial charge is 0.390 e. The molecule has 1 aliphatic rings. The van der Waals surface area contributed by atoms with Crippen LogP contribution in [0.1, 0.15) is 19.4 Å². The molecule has 0 amide bonds. The van der Waals surface area contributed by atoms with Crippen LogP contribution in [0.2, 0.25) is 0 Å². The first-order valence-corrected chi connectivity index (χ1v) is 6.81. The zero-order valence-corrected chi connectivity index (χ0v) is 11.6. The molecule has 1 saturated heterocycles. The number of hydrogen-bond acceptors (Lipinski definition) is 5. The van der Waals surface area contributed by atoms with Crippen molar-refractivity contribution in [1.29, 1.82) is 0 Å². The highest BCUT2D eigenvalue weighted by molar-refractivity contribution is 5.38. The summed E-state index contributed by atoms with van der Waals surface area (Å²) in [5, 5.41) is 10.3. The van der Waals surface area contributed by atoms with Crippen LogP contribution in [0.3, 0.4) is 0 Å². The summed E-state index contributed by atoms with van der Waals surface area (Å²) in [5.41, 5.74) is 6.68. The monoisotopic (exact) mass is 265 g/mol. The van der Waals surface area contributed by atoms with E-state index in [1.54, 1.807) is 6.20 Å². The quantitative estimate of drug-likeness (QED) is 0.837. The first-order chi connectivity index (χ1) is 9.08. The third-order valence-electron chi connectivity index (χ3n) is 3.64. The summed E-state index contributed by atoms with van der Waals surface area (Å²) >= 11 is 0. The van der Waals surface area contributed by atoms with E-state index >= 15 is 0 Å². The number of nitrogens with two attached hydrogens (primary N) is 1. The van der Waals surface area contributed by atoms with E-state index in [4.69, 9.17) is 10.5 Å². The maximum atomic E-state index is 10.3. The highest BCUT2D eigenvalue weighted by Crippen LogP contribution is 2.17. The third-order valence-corrected chi connectivity index (χ3v) is 3.64. The number of morpholine rings is 1. The molecule has 1 fully saturated rings. The molecule has 5 nitrogen and oxygen atoms in total. The summed E-state index contributed by atoms with van der Waals surface area (Å²) in [4.78, 5) is 6.36. The molecule has 2 rings (SSSR count). The zero-order chi connectivity index (χ0) is 13.8. The van der Waals surface area contributed by atoms with Gasteiger partial charge in [0.25, 0.3) is 0 Å². The van der Waals surface area contributed by atoms with Crippen LogP contribution in [0.15, 0.2) is 18.3 Å². The van der Waals surface area contributed by atoms with Crippen LogP contribution in [-0.4, -0.2) is 52.9 Å². The fraction of sp³-hybridized carbons (Fsp3) is 0.643. The van der Waals surface area contributed by atoms with Crippen molar-refractivity contribution >= 4 is 5.82 Å². The predicted octanol–water partition coefficient (Wildman–Crippen LogP) is 0.676. The molecule has 5 heteroatoms. The lowest BCUT2D eigenvalue weighted by molar-refractivity contribution is -0.0940. The van der Waals surface area contributed by atoms with Gasteiger partial charge < -0.3 is 15.6 Å². The number of hydrogen-bond donors (Lipinski definition) is 2. The molecule has 0 spiro atoms. The second-order valence-corrected chi connectivity index (χ2v) is 5.32. The molecular weight excluding hydrogens is 242 g/mol. The van der Waals surface area contributed by atoms with Gasteiger partial charge >= 0.3 is 0 Å². The molecule has 0 saturated carbocycles. The number of aliphatic hydroxyl groups is 1. The van der Waals surface area contributed by atoms with Crippen molar-refractivity contribution in [2.24, 2.45) is 0 Å². The minimum absolute atomic E-state index is 0.157. The topological polar surface area (TPSA) is 71.6 Å². The van der Waals surface area contributed by atoms with E-state index in [2.05, 4.69) is 23.7 Å². The summed E-state index contributed by atoms with van der Waals surface area (Å²) in [7, 11) is 0. The number of anilines is 1. The van der Waals surface area contributed by atoms with Gasteiger partial charge in [-0.25, -0.2) is 4.98 Å². The van der Waals surface area contributed by atoms with Gasteiger partial charge in [-0.3, -0.25) is 4.90 Å². The number of nitrogens with zero attached hydrogens (tertiary/aromatic N) is 2. The van der Waals surface area contributed by atoms with Crippen molar-refractivity contribution < 1.29 is 9.84 Å². The fourth-order valence-electron chi connectivity index (χ4n) is 2.38. The van der Waals surface area contributed by atoms with Crippen molar-refractivity contribution in [2.75, 3.05) is 25.4 Å². The Bertz CT molecular complexity index is 411. The van der Waals surface area contributed by atoms with Gasteiger partial charge in [-0.1, -0.05) is 6.07 Å². The van der Waals surface area contributed by atoms with E-state index in [0.717, 1.165) is 18.7 Å². The molecule has 2 atom stereocenters. The standard InChI is InChI=1S/C14H23N3O2/c1-10(2)17-6-7-19-13(9-17)12(18)8-11-4-3-5-16-14(11)15/h3-5,10,12-13,18H,6-9H2,1-2H3,(H2,15,16). The number of ether oxygens (including phenoxy) is 1. The molecule has 1 aromatic heterocycles. The maximum Gasteiger partial charge on any atom is 0.126 e. The van der Waals surface area contributed by atoms with Gasteiger partial charge in [-0.2, -0.15) is 0 Å². The number of rotatable bonds is 4. The summed E-state index contributed by atoms with van der Waals surface area (Å²) in [6.45, 7) is 6.68. The van der Waals surface area contributed by atoms with Gasteiger partial charge in [-0.15, -0.1) is 0 Å². The average molecular weight is 265 g/mol. The highest BCUT2D eigenvalue weighted by Gasteiger charge is 2.28. The van der Waals surface area contributed by atoms with E-state index in [1.165, 1.54) is 0 Å². The normalized spacial score (nSPS) is 22.6. The van der Waals surface area contributed by atoms with E-state index in [0.29, 0.717) is 24.9 Å². The number of nitrogen functional groups attached to an aromatic ring is 1. The SMILES string of the molecule is CC(C)N1CCOC(C(O)Cc2cccnc2N)C1. The number of pyridine rings is 1. The Kier molecular flexibility index (Phi) is 4.74. The molecule has 0 aliphatic carbocycles. The molecule has 0 bridgehead atoms. The average Bonchev–Trinajstić information content (AvgIpc) is 2.41. The van der Waals surface area contributed by atoms with E-state index in [-0.39, 0.29) is 6.10 Å². The van der Waals surface area contributed by atoms with E-state index in [9.17, 15) is 5.11 Å². The van der Waals surface area contributed by atoms with Crippen molar-refractivity contribution in [3.05, 3.63) is 23.9 Å². The Labute approximate surface area is 114 Å². The van der Waals surface area contributed by atoms with Crippen molar-refractivity contribution in [2.45, 2.75) is 38.5 Å². The lowest BCUT2D eigenvalue weighted by atomic mass is 10.0. The second-order valence-electron chi connectivity index (χ2n) is 5.32. The molecule has 1 aromatic rings. The lowest BCUT2D eigenvalue weighted by Gasteiger charge is -2.37. The smallest absolute Gasteiger partial charge is 0.126 e. The minimum Gasteiger partial charge on any atom is -0.390 e. The van der Waals surface area contributed by atoms with Crippen LogP contribution in [0.5, 0.6) is 0 Å². The summed E-state index contributed by atoms with van der Waals surface area (Å²) in [6, 6.07) is 4.21. The molecule has 3 N–H and O–H groups in total. The van der Waals surface area contributed by atoms with Gasteiger partial charge in [0.05, 0.1) is 18.8 Å². The maximum absolute atomic E-state index is 10.3. The van der Waals surface area contributed by atoms with Crippen molar-refractivity contribution in [3.63, 3.8) is 0 Å². The Balaban J connectivity index is 1.96. The van der Waals surface area contributed by atoms with Gasteiger partial charge in [0.1, 0.15) is 5.82 Å². The first kappa shape index (κ1) is 14.2. The van der Waals surface area contributed by atoms with Crippen LogP contribution >= 0.6 is 0 Å². The molecule has 2 heterocycles. The van der Waals surface area contributed by atoms with Crippen LogP contribution in [-0.2, 0) is 11.2 Å². The van der Waals surface area contributed by atoms with Gasteiger partial charge in [0, 0.05) is 31.7 Å². The Morgan fingerprint density at radius 2 is 2.37 bits per heavy atom. The Morgan fingerprint density at radius 3 is 3.05 bits per heavy atom. The summed E-state index contributed by atoms with van der Waals surface area (Å²) in [6.07, 6.45) is 1.43. The minimum atomic E-state index is -0.548. The molecule has 2 unspecified atom stereocenters. The molecule has 0 radical (unpaired) electrons. The van der Waals surface area contributed by atoms with E-state index in [1.807, 2.05) is 12.1 Å². The number of aliphatic hydroxyl groups excluding tert-OH is 1. The van der Waals surface area contributed by atoms with Gasteiger partial charge in [0.2, 0.25) is 0 Å². The molecule has 19 heavy (non-hydrogen) atoms. The first-order valence-electron chi connectivity index (χ1n) is 6.81.